The van der Waals surface area contributed by atoms with Gasteiger partial charge in [-0.15, -0.1) is 0 Å². The lowest BCUT2D eigenvalue weighted by atomic mass is 9.99. The van der Waals surface area contributed by atoms with Crippen molar-refractivity contribution in [1.82, 2.24) is 0 Å². The molecule has 0 aromatic heterocycles. The van der Waals surface area contributed by atoms with Gasteiger partial charge in [-0.25, -0.2) is 0 Å². The van der Waals surface area contributed by atoms with Crippen molar-refractivity contribution in [1.29, 1.82) is 0 Å². The van der Waals surface area contributed by atoms with Gasteiger partial charge < -0.3 is 15.2 Å². The zero-order valence-corrected chi connectivity index (χ0v) is 10.3. The van der Waals surface area contributed by atoms with Crippen LogP contribution >= 0.6 is 0 Å². The molecule has 0 fully saturated rings. The first-order valence-corrected chi connectivity index (χ1v) is 5.67. The molecule has 94 valence electrons. The predicted octanol–water partition coefficient (Wildman–Crippen LogP) is 1.79. The van der Waals surface area contributed by atoms with Gasteiger partial charge in [-0.1, -0.05) is 24.3 Å². The summed E-state index contributed by atoms with van der Waals surface area (Å²) in [6.45, 7) is 2.65. The van der Waals surface area contributed by atoms with Gasteiger partial charge in [-0.2, -0.15) is 0 Å². The Labute approximate surface area is 102 Å². The molecule has 0 heterocycles. The lowest BCUT2D eigenvalue weighted by Crippen LogP contribution is -2.18. The van der Waals surface area contributed by atoms with E-state index in [1.54, 1.807) is 14.0 Å². The molecule has 1 unspecified atom stereocenters. The molecule has 0 bridgehead atoms. The summed E-state index contributed by atoms with van der Waals surface area (Å²) in [7, 11) is 1.63. The Morgan fingerprint density at radius 1 is 1.41 bits per heavy atom. The Hall–Kier alpha value is -1.39. The molecular formula is C13H19NO3. The van der Waals surface area contributed by atoms with Gasteiger partial charge >= 0.3 is 5.97 Å². The van der Waals surface area contributed by atoms with Crippen molar-refractivity contribution >= 4 is 5.97 Å². The molecule has 0 spiro atoms. The van der Waals surface area contributed by atoms with Crippen LogP contribution in [0.25, 0.3) is 0 Å². The third-order valence-electron chi connectivity index (χ3n) is 2.45. The quantitative estimate of drug-likeness (QED) is 0.766. The normalized spacial score (nSPS) is 12.2. The summed E-state index contributed by atoms with van der Waals surface area (Å²) >= 11 is 0. The summed E-state index contributed by atoms with van der Waals surface area (Å²) < 4.78 is 9.98. The van der Waals surface area contributed by atoms with Gasteiger partial charge in [0.25, 0.3) is 0 Å². The molecule has 1 atom stereocenters. The van der Waals surface area contributed by atoms with Crippen LogP contribution in [0.15, 0.2) is 24.3 Å². The molecule has 0 aliphatic heterocycles. The summed E-state index contributed by atoms with van der Waals surface area (Å²) in [5, 5.41) is 0. The Balaban J connectivity index is 2.73. The number of benzene rings is 1. The Kier molecular flexibility index (Phi) is 5.66. The molecule has 0 saturated heterocycles. The monoisotopic (exact) mass is 237 g/mol. The maximum absolute atomic E-state index is 11.4. The average Bonchev–Trinajstić information content (AvgIpc) is 2.30. The van der Waals surface area contributed by atoms with Crippen molar-refractivity contribution < 1.29 is 14.3 Å². The number of hydrogen-bond donors (Lipinski definition) is 1. The molecule has 1 aromatic carbocycles. The molecule has 0 amide bonds. The summed E-state index contributed by atoms with van der Waals surface area (Å²) in [5.41, 5.74) is 7.94. The molecule has 0 aliphatic carbocycles. The first-order valence-electron chi connectivity index (χ1n) is 5.67. The number of esters is 1. The van der Waals surface area contributed by atoms with E-state index >= 15 is 0 Å². The molecular weight excluding hydrogens is 218 g/mol. The van der Waals surface area contributed by atoms with E-state index in [0.29, 0.717) is 13.2 Å². The minimum absolute atomic E-state index is 0.189. The van der Waals surface area contributed by atoms with E-state index in [4.69, 9.17) is 15.2 Å². The van der Waals surface area contributed by atoms with Crippen LogP contribution < -0.4 is 5.73 Å². The highest BCUT2D eigenvalue weighted by Crippen LogP contribution is 2.20. The second-order valence-corrected chi connectivity index (χ2v) is 3.75. The molecule has 1 aromatic rings. The molecule has 2 N–H and O–H groups in total. The van der Waals surface area contributed by atoms with Crippen molar-refractivity contribution in [3.63, 3.8) is 0 Å². The minimum atomic E-state index is -0.347. The zero-order chi connectivity index (χ0) is 12.7. The lowest BCUT2D eigenvalue weighted by Gasteiger charge is -2.15. The van der Waals surface area contributed by atoms with Gasteiger partial charge in [0.15, 0.2) is 0 Å². The fourth-order valence-corrected chi connectivity index (χ4v) is 1.69. The fraction of sp³-hybridized carbons (Fsp3) is 0.462. The van der Waals surface area contributed by atoms with Gasteiger partial charge in [0.1, 0.15) is 0 Å². The third kappa shape index (κ3) is 4.17. The SMILES string of the molecule is CCOC(=O)CC(N)c1ccccc1COC. The van der Waals surface area contributed by atoms with Crippen molar-refractivity contribution in [2.45, 2.75) is 26.0 Å². The van der Waals surface area contributed by atoms with Crippen LogP contribution in [0.2, 0.25) is 0 Å². The van der Waals surface area contributed by atoms with Crippen molar-refractivity contribution in [2.24, 2.45) is 5.73 Å². The lowest BCUT2D eigenvalue weighted by molar-refractivity contribution is -0.143. The number of carbonyl (C=O) groups excluding carboxylic acids is 1. The maximum Gasteiger partial charge on any atom is 0.307 e. The largest absolute Gasteiger partial charge is 0.466 e. The van der Waals surface area contributed by atoms with E-state index in [9.17, 15) is 4.79 Å². The average molecular weight is 237 g/mol. The summed E-state index contributed by atoms with van der Waals surface area (Å²) in [4.78, 5) is 11.4. The number of methoxy groups -OCH3 is 1. The fourth-order valence-electron chi connectivity index (χ4n) is 1.69. The van der Waals surface area contributed by atoms with Gasteiger partial charge in [0.05, 0.1) is 19.6 Å². The molecule has 0 aliphatic rings. The molecule has 4 nitrogen and oxygen atoms in total. The van der Waals surface area contributed by atoms with Gasteiger partial charge in [0, 0.05) is 13.2 Å². The zero-order valence-electron chi connectivity index (χ0n) is 10.3. The van der Waals surface area contributed by atoms with E-state index in [2.05, 4.69) is 0 Å². The smallest absolute Gasteiger partial charge is 0.307 e. The van der Waals surface area contributed by atoms with Gasteiger partial charge in [-0.3, -0.25) is 4.79 Å². The Morgan fingerprint density at radius 3 is 2.76 bits per heavy atom. The maximum atomic E-state index is 11.4. The van der Waals surface area contributed by atoms with Crippen LogP contribution in [-0.2, 0) is 20.9 Å². The Bertz CT molecular complexity index is 365. The molecule has 1 rings (SSSR count). The van der Waals surface area contributed by atoms with E-state index in [1.807, 2.05) is 24.3 Å². The van der Waals surface area contributed by atoms with Crippen LogP contribution in [0.5, 0.6) is 0 Å². The topological polar surface area (TPSA) is 61.5 Å². The highest BCUT2D eigenvalue weighted by atomic mass is 16.5. The van der Waals surface area contributed by atoms with Crippen LogP contribution in [0.4, 0.5) is 0 Å². The van der Waals surface area contributed by atoms with E-state index in [1.165, 1.54) is 0 Å². The van der Waals surface area contributed by atoms with E-state index in [0.717, 1.165) is 11.1 Å². The first kappa shape index (κ1) is 13.7. The number of nitrogens with two attached hydrogens (primary N) is 1. The number of rotatable bonds is 6. The van der Waals surface area contributed by atoms with E-state index in [-0.39, 0.29) is 18.4 Å². The number of hydrogen-bond acceptors (Lipinski definition) is 4. The van der Waals surface area contributed by atoms with Crippen molar-refractivity contribution in [3.8, 4) is 0 Å². The second kappa shape index (κ2) is 7.04. The first-order chi connectivity index (χ1) is 8.19. The summed E-state index contributed by atoms with van der Waals surface area (Å²) in [6.07, 6.45) is 0.189. The highest BCUT2D eigenvalue weighted by Gasteiger charge is 2.15. The van der Waals surface area contributed by atoms with Gasteiger partial charge in [-0.05, 0) is 18.1 Å². The molecule has 4 heteroatoms. The van der Waals surface area contributed by atoms with Crippen LogP contribution in [0.3, 0.4) is 0 Å². The van der Waals surface area contributed by atoms with Crippen LogP contribution in [0, 0.1) is 0 Å². The van der Waals surface area contributed by atoms with Crippen molar-refractivity contribution in [2.75, 3.05) is 13.7 Å². The minimum Gasteiger partial charge on any atom is -0.466 e. The highest BCUT2D eigenvalue weighted by molar-refractivity contribution is 5.70. The molecule has 0 radical (unpaired) electrons. The summed E-state index contributed by atoms with van der Waals surface area (Å²) in [6, 6.07) is 7.34. The molecule has 0 saturated carbocycles. The molecule has 17 heavy (non-hydrogen) atoms. The van der Waals surface area contributed by atoms with Crippen molar-refractivity contribution in [3.05, 3.63) is 35.4 Å². The predicted molar refractivity (Wildman–Crippen MR) is 65.3 cm³/mol. The van der Waals surface area contributed by atoms with E-state index < -0.39 is 0 Å². The number of carbonyl (C=O) groups is 1. The van der Waals surface area contributed by atoms with Crippen LogP contribution in [0.1, 0.15) is 30.5 Å². The Morgan fingerprint density at radius 2 is 2.12 bits per heavy atom. The number of ether oxygens (including phenoxy) is 2. The summed E-state index contributed by atoms with van der Waals surface area (Å²) in [5.74, 6) is -0.271. The van der Waals surface area contributed by atoms with Gasteiger partial charge in [0.2, 0.25) is 0 Å². The third-order valence-corrected chi connectivity index (χ3v) is 2.45. The van der Waals surface area contributed by atoms with Crippen LogP contribution in [-0.4, -0.2) is 19.7 Å². The second-order valence-electron chi connectivity index (χ2n) is 3.75. The standard InChI is InChI=1S/C13H19NO3/c1-3-17-13(15)8-12(14)11-7-5-4-6-10(11)9-16-2/h4-7,12H,3,8-9,14H2,1-2H3.